The summed E-state index contributed by atoms with van der Waals surface area (Å²) < 4.78 is 5.20. The van der Waals surface area contributed by atoms with Crippen LogP contribution in [0.15, 0.2) is 16.9 Å². The van der Waals surface area contributed by atoms with E-state index in [4.69, 9.17) is 4.74 Å². The summed E-state index contributed by atoms with van der Waals surface area (Å²) in [5.74, 6) is -0.0253. The molecule has 23 heavy (non-hydrogen) atoms. The van der Waals surface area contributed by atoms with Crippen LogP contribution in [0.3, 0.4) is 0 Å². The molecule has 2 rings (SSSR count). The molecule has 1 aromatic heterocycles. The van der Waals surface area contributed by atoms with E-state index in [1.165, 1.54) is 12.1 Å². The number of carbonyl (C=O) groups excluding carboxylic acids is 2. The number of nitrogens with one attached hydrogen (secondary N) is 2. The molecular weight excluding hydrogens is 300 g/mol. The number of H-pyrrole nitrogens is 1. The number of ether oxygens (including phenoxy) is 1. The van der Waals surface area contributed by atoms with Crippen LogP contribution in [0.4, 0.5) is 4.79 Å². The van der Waals surface area contributed by atoms with E-state index in [2.05, 4.69) is 15.5 Å². The summed E-state index contributed by atoms with van der Waals surface area (Å²) in [6, 6.07) is 2.62. The Hall–Kier alpha value is -2.38. The maximum absolute atomic E-state index is 12.0. The molecule has 1 aromatic rings. The molecule has 1 aliphatic heterocycles. The van der Waals surface area contributed by atoms with Crippen molar-refractivity contribution in [2.75, 3.05) is 19.7 Å². The van der Waals surface area contributed by atoms with E-state index in [1.54, 1.807) is 4.90 Å². The molecule has 126 valence electrons. The van der Waals surface area contributed by atoms with Gasteiger partial charge >= 0.3 is 6.09 Å². The zero-order chi connectivity index (χ0) is 16.8. The Kier molecular flexibility index (Phi) is 5.72. The second-order valence-electron chi connectivity index (χ2n) is 6.01. The first-order valence-electron chi connectivity index (χ1n) is 7.74. The zero-order valence-electron chi connectivity index (χ0n) is 13.4. The lowest BCUT2D eigenvalue weighted by molar-refractivity contribution is 0.0783. The van der Waals surface area contributed by atoms with Gasteiger partial charge in [-0.25, -0.2) is 9.89 Å². The van der Waals surface area contributed by atoms with Crippen LogP contribution in [0.2, 0.25) is 0 Å². The van der Waals surface area contributed by atoms with Gasteiger partial charge in [0.25, 0.3) is 11.5 Å². The minimum atomic E-state index is -0.352. The Bertz CT molecular complexity index is 585. The molecule has 2 N–H and O–H groups in total. The van der Waals surface area contributed by atoms with Gasteiger partial charge in [0.2, 0.25) is 0 Å². The molecule has 1 aliphatic rings. The second-order valence-corrected chi connectivity index (χ2v) is 6.01. The first-order chi connectivity index (χ1) is 11.0. The predicted molar refractivity (Wildman–Crippen MR) is 83.1 cm³/mol. The van der Waals surface area contributed by atoms with Crippen LogP contribution in [-0.2, 0) is 4.74 Å². The van der Waals surface area contributed by atoms with Gasteiger partial charge in [-0.3, -0.25) is 9.59 Å². The highest BCUT2D eigenvalue weighted by molar-refractivity contribution is 5.92. The van der Waals surface area contributed by atoms with Gasteiger partial charge in [0.1, 0.15) is 5.69 Å². The molecule has 2 amide bonds. The highest BCUT2D eigenvalue weighted by atomic mass is 16.6. The maximum Gasteiger partial charge on any atom is 0.409 e. The smallest absolute Gasteiger partial charge is 0.409 e. The van der Waals surface area contributed by atoms with E-state index in [1.807, 2.05) is 13.8 Å². The molecule has 8 heteroatoms. The lowest BCUT2D eigenvalue weighted by atomic mass is 10.1. The minimum Gasteiger partial charge on any atom is -0.449 e. The van der Waals surface area contributed by atoms with Crippen LogP contribution >= 0.6 is 0 Å². The third kappa shape index (κ3) is 5.08. The van der Waals surface area contributed by atoms with Crippen molar-refractivity contribution in [1.82, 2.24) is 20.4 Å². The molecule has 0 aliphatic carbocycles. The summed E-state index contributed by atoms with van der Waals surface area (Å²) in [6.07, 6.45) is 1.02. The number of rotatable bonds is 4. The lowest BCUT2D eigenvalue weighted by Crippen LogP contribution is -2.47. The molecule has 0 spiro atoms. The SMILES string of the molecule is CC(C)COC(=O)N1CCC(NC(=O)c2ccc(=O)[nH]n2)CC1. The Balaban J connectivity index is 1.78. The van der Waals surface area contributed by atoms with E-state index >= 15 is 0 Å². The van der Waals surface area contributed by atoms with Crippen LogP contribution in [0.1, 0.15) is 37.2 Å². The van der Waals surface area contributed by atoms with Crippen molar-refractivity contribution in [2.45, 2.75) is 32.7 Å². The average Bonchev–Trinajstić information content (AvgIpc) is 2.54. The first-order valence-corrected chi connectivity index (χ1v) is 7.74. The fourth-order valence-corrected chi connectivity index (χ4v) is 2.27. The predicted octanol–water partition coefficient (Wildman–Crippen LogP) is 0.757. The van der Waals surface area contributed by atoms with Crippen LogP contribution in [-0.4, -0.2) is 52.8 Å². The van der Waals surface area contributed by atoms with Crippen molar-refractivity contribution in [3.63, 3.8) is 0 Å². The van der Waals surface area contributed by atoms with Crippen molar-refractivity contribution in [3.8, 4) is 0 Å². The number of carbonyl (C=O) groups is 2. The molecular formula is C15H22N4O4. The summed E-state index contributed by atoms with van der Waals surface area (Å²) in [7, 11) is 0. The Morgan fingerprint density at radius 1 is 1.39 bits per heavy atom. The molecule has 2 heterocycles. The standard InChI is InChI=1S/C15H22N4O4/c1-10(2)9-23-15(22)19-7-5-11(6-8-19)16-14(21)12-3-4-13(20)18-17-12/h3-4,10-11H,5-9H2,1-2H3,(H,16,21)(H,18,20). The number of hydrogen-bond donors (Lipinski definition) is 2. The monoisotopic (exact) mass is 322 g/mol. The minimum absolute atomic E-state index is 0.0228. The number of hydrogen-bond acceptors (Lipinski definition) is 5. The Morgan fingerprint density at radius 2 is 2.09 bits per heavy atom. The lowest BCUT2D eigenvalue weighted by Gasteiger charge is -2.31. The van der Waals surface area contributed by atoms with E-state index < -0.39 is 0 Å². The van der Waals surface area contributed by atoms with E-state index in [-0.39, 0.29) is 29.3 Å². The number of amides is 2. The van der Waals surface area contributed by atoms with Crippen LogP contribution in [0, 0.1) is 5.92 Å². The van der Waals surface area contributed by atoms with Crippen molar-refractivity contribution < 1.29 is 14.3 Å². The molecule has 0 aromatic carbocycles. The largest absolute Gasteiger partial charge is 0.449 e. The van der Waals surface area contributed by atoms with Crippen LogP contribution < -0.4 is 10.9 Å². The van der Waals surface area contributed by atoms with Gasteiger partial charge in [0.05, 0.1) is 6.61 Å². The van der Waals surface area contributed by atoms with Crippen molar-refractivity contribution in [2.24, 2.45) is 5.92 Å². The maximum atomic E-state index is 12.0. The molecule has 0 bridgehead atoms. The van der Waals surface area contributed by atoms with Gasteiger partial charge in [-0.2, -0.15) is 5.10 Å². The molecule has 0 saturated carbocycles. The third-order valence-electron chi connectivity index (χ3n) is 3.54. The Morgan fingerprint density at radius 3 is 2.65 bits per heavy atom. The molecule has 8 nitrogen and oxygen atoms in total. The first kappa shape index (κ1) is 17.0. The molecule has 0 unspecified atom stereocenters. The van der Waals surface area contributed by atoms with E-state index in [0.717, 1.165) is 0 Å². The average molecular weight is 322 g/mol. The summed E-state index contributed by atoms with van der Waals surface area (Å²) >= 11 is 0. The van der Waals surface area contributed by atoms with Gasteiger partial charge in [0.15, 0.2) is 0 Å². The van der Waals surface area contributed by atoms with Crippen molar-refractivity contribution >= 4 is 12.0 Å². The summed E-state index contributed by atoms with van der Waals surface area (Å²) in [4.78, 5) is 36.5. The number of nitrogens with zero attached hydrogens (tertiary/aromatic N) is 2. The fourth-order valence-electron chi connectivity index (χ4n) is 2.27. The second kappa shape index (κ2) is 7.75. The van der Waals surface area contributed by atoms with Crippen molar-refractivity contribution in [1.29, 1.82) is 0 Å². The summed E-state index contributed by atoms with van der Waals surface area (Å²) in [6.45, 7) is 5.47. The van der Waals surface area contributed by atoms with Crippen molar-refractivity contribution in [3.05, 3.63) is 28.2 Å². The number of aromatic amines is 1. The van der Waals surface area contributed by atoms with Crippen LogP contribution in [0.5, 0.6) is 0 Å². The summed E-state index contributed by atoms with van der Waals surface area (Å²) in [5.41, 5.74) is -0.182. The number of aromatic nitrogens is 2. The van der Waals surface area contributed by atoms with Gasteiger partial charge in [-0.1, -0.05) is 13.8 Å². The topological polar surface area (TPSA) is 104 Å². The highest BCUT2D eigenvalue weighted by Crippen LogP contribution is 2.12. The fraction of sp³-hybridized carbons (Fsp3) is 0.600. The van der Waals surface area contributed by atoms with Gasteiger partial charge in [0, 0.05) is 25.2 Å². The number of likely N-dealkylation sites (tertiary alicyclic amines) is 1. The quantitative estimate of drug-likeness (QED) is 0.851. The summed E-state index contributed by atoms with van der Waals surface area (Å²) in [5, 5.41) is 8.78. The normalized spacial score (nSPS) is 15.5. The highest BCUT2D eigenvalue weighted by Gasteiger charge is 2.25. The van der Waals surface area contributed by atoms with Gasteiger partial charge in [-0.15, -0.1) is 0 Å². The van der Waals surface area contributed by atoms with Crippen LogP contribution in [0.25, 0.3) is 0 Å². The molecule has 1 saturated heterocycles. The molecule has 1 fully saturated rings. The zero-order valence-corrected chi connectivity index (χ0v) is 13.4. The molecule has 0 radical (unpaired) electrons. The number of piperidine rings is 1. The molecule has 0 atom stereocenters. The van der Waals surface area contributed by atoms with Gasteiger partial charge < -0.3 is 15.0 Å². The van der Waals surface area contributed by atoms with E-state index in [0.29, 0.717) is 38.5 Å². The Labute approximate surface area is 134 Å². The van der Waals surface area contributed by atoms with E-state index in [9.17, 15) is 14.4 Å². The third-order valence-corrected chi connectivity index (χ3v) is 3.54. The van der Waals surface area contributed by atoms with Gasteiger partial charge in [-0.05, 0) is 24.8 Å².